The van der Waals surface area contributed by atoms with Crippen LogP contribution in [0.1, 0.15) is 39.2 Å². The summed E-state index contributed by atoms with van der Waals surface area (Å²) in [6.45, 7) is 9.55. The molecule has 112 valence electrons. The van der Waals surface area contributed by atoms with E-state index in [1.807, 2.05) is 19.5 Å². The number of methoxy groups -OCH3 is 1. The van der Waals surface area contributed by atoms with Crippen molar-refractivity contribution in [2.24, 2.45) is 0 Å². The maximum atomic E-state index is 5.44. The molecule has 2 rings (SSSR count). The first-order chi connectivity index (χ1) is 9.49. The first kappa shape index (κ1) is 15.3. The molecule has 0 amide bonds. The molecule has 0 spiro atoms. The van der Waals surface area contributed by atoms with Crippen molar-refractivity contribution in [1.29, 1.82) is 0 Å². The highest BCUT2D eigenvalue weighted by Crippen LogP contribution is 2.24. The van der Waals surface area contributed by atoms with Crippen LogP contribution in [0.5, 0.6) is 0 Å². The summed E-state index contributed by atoms with van der Waals surface area (Å²) in [6, 6.07) is 2.12. The number of piperidine rings is 1. The monoisotopic (exact) mass is 277 g/mol. The molecule has 1 aromatic heterocycles. The Morgan fingerprint density at radius 1 is 1.35 bits per heavy atom. The molecule has 4 nitrogen and oxygen atoms in total. The van der Waals surface area contributed by atoms with E-state index in [0.717, 1.165) is 32.5 Å². The highest BCUT2D eigenvalue weighted by Gasteiger charge is 2.21. The zero-order valence-electron chi connectivity index (χ0n) is 13.1. The predicted molar refractivity (Wildman–Crippen MR) is 83.1 cm³/mol. The Hall–Kier alpha value is -1.13. The minimum absolute atomic E-state index is 0.129. The Bertz CT molecular complexity index is 420. The molecule has 1 N–H and O–H groups in total. The smallest absolute Gasteiger partial charge is 0.0605 e. The van der Waals surface area contributed by atoms with Crippen molar-refractivity contribution in [2.45, 2.75) is 51.8 Å². The van der Waals surface area contributed by atoms with Gasteiger partial charge in [0.25, 0.3) is 0 Å². The molecule has 0 bridgehead atoms. The molecule has 2 heterocycles. The Balaban J connectivity index is 2.04. The normalized spacial score (nSPS) is 17.5. The summed E-state index contributed by atoms with van der Waals surface area (Å²) in [5, 5.41) is 3.56. The van der Waals surface area contributed by atoms with Crippen molar-refractivity contribution in [3.63, 3.8) is 0 Å². The van der Waals surface area contributed by atoms with Crippen LogP contribution in [-0.4, -0.2) is 36.8 Å². The van der Waals surface area contributed by atoms with Crippen LogP contribution < -0.4 is 10.2 Å². The molecule has 1 aromatic rings. The fourth-order valence-electron chi connectivity index (χ4n) is 2.54. The standard InChI is InChI=1S/C16H27N3O/c1-16(2,3)18-11-13-5-8-17-12-15(13)19-9-6-14(20-4)7-10-19/h5,8,12,14,18H,6-7,9-11H2,1-4H3. The average molecular weight is 277 g/mol. The fraction of sp³-hybridized carbons (Fsp3) is 0.688. The van der Waals surface area contributed by atoms with Crippen LogP contribution in [0.25, 0.3) is 0 Å². The van der Waals surface area contributed by atoms with Gasteiger partial charge in [-0.15, -0.1) is 0 Å². The van der Waals surface area contributed by atoms with Gasteiger partial charge in [-0.05, 0) is 45.2 Å². The minimum atomic E-state index is 0.129. The lowest BCUT2D eigenvalue weighted by atomic mass is 10.0. The largest absolute Gasteiger partial charge is 0.381 e. The van der Waals surface area contributed by atoms with Gasteiger partial charge >= 0.3 is 0 Å². The van der Waals surface area contributed by atoms with Gasteiger partial charge in [-0.3, -0.25) is 4.98 Å². The summed E-state index contributed by atoms with van der Waals surface area (Å²) in [5.41, 5.74) is 2.72. The van der Waals surface area contributed by atoms with Crippen molar-refractivity contribution in [1.82, 2.24) is 10.3 Å². The fourth-order valence-corrected chi connectivity index (χ4v) is 2.54. The van der Waals surface area contributed by atoms with Gasteiger partial charge in [0.15, 0.2) is 0 Å². The lowest BCUT2D eigenvalue weighted by Gasteiger charge is -2.34. The van der Waals surface area contributed by atoms with E-state index in [2.05, 4.69) is 42.0 Å². The predicted octanol–water partition coefficient (Wildman–Crippen LogP) is 2.58. The third-order valence-electron chi connectivity index (χ3n) is 3.81. The number of nitrogens with zero attached hydrogens (tertiary/aromatic N) is 2. The molecule has 0 unspecified atom stereocenters. The Kier molecular flexibility index (Phi) is 5.00. The second-order valence-electron chi connectivity index (χ2n) is 6.53. The van der Waals surface area contributed by atoms with Crippen LogP contribution in [0, 0.1) is 0 Å². The first-order valence-electron chi connectivity index (χ1n) is 7.45. The third-order valence-corrected chi connectivity index (χ3v) is 3.81. The van der Waals surface area contributed by atoms with Crippen LogP contribution in [0.4, 0.5) is 5.69 Å². The molecule has 0 saturated carbocycles. The van der Waals surface area contributed by atoms with E-state index >= 15 is 0 Å². The minimum Gasteiger partial charge on any atom is -0.381 e. The molecule has 0 aliphatic carbocycles. The molecule has 0 atom stereocenters. The average Bonchev–Trinajstić information content (AvgIpc) is 2.45. The lowest BCUT2D eigenvalue weighted by molar-refractivity contribution is 0.0819. The van der Waals surface area contributed by atoms with E-state index in [4.69, 9.17) is 4.74 Å². The summed E-state index contributed by atoms with van der Waals surface area (Å²) in [4.78, 5) is 6.74. The van der Waals surface area contributed by atoms with Gasteiger partial charge in [0.05, 0.1) is 18.0 Å². The van der Waals surface area contributed by atoms with Gasteiger partial charge in [-0.1, -0.05) is 0 Å². The van der Waals surface area contributed by atoms with Crippen LogP contribution in [-0.2, 0) is 11.3 Å². The number of ether oxygens (including phenoxy) is 1. The van der Waals surface area contributed by atoms with Gasteiger partial charge in [0.2, 0.25) is 0 Å². The van der Waals surface area contributed by atoms with Crippen molar-refractivity contribution >= 4 is 5.69 Å². The summed E-state index contributed by atoms with van der Waals surface area (Å²) < 4.78 is 5.44. The molecule has 1 aliphatic heterocycles. The van der Waals surface area contributed by atoms with E-state index in [1.165, 1.54) is 11.3 Å². The van der Waals surface area contributed by atoms with Crippen LogP contribution >= 0.6 is 0 Å². The van der Waals surface area contributed by atoms with Crippen LogP contribution in [0.2, 0.25) is 0 Å². The van der Waals surface area contributed by atoms with Crippen molar-refractivity contribution in [3.05, 3.63) is 24.0 Å². The molecule has 0 radical (unpaired) electrons. The Morgan fingerprint density at radius 3 is 2.65 bits per heavy atom. The summed E-state index contributed by atoms with van der Waals surface area (Å²) in [5.74, 6) is 0. The highest BCUT2D eigenvalue weighted by atomic mass is 16.5. The number of anilines is 1. The summed E-state index contributed by atoms with van der Waals surface area (Å²) in [7, 11) is 1.81. The van der Waals surface area contributed by atoms with Gasteiger partial charge in [-0.2, -0.15) is 0 Å². The Labute approximate surface area is 122 Å². The second kappa shape index (κ2) is 6.55. The highest BCUT2D eigenvalue weighted by molar-refractivity contribution is 5.52. The molecular weight excluding hydrogens is 250 g/mol. The number of aromatic nitrogens is 1. The maximum absolute atomic E-state index is 5.44. The van der Waals surface area contributed by atoms with Crippen molar-refractivity contribution < 1.29 is 4.74 Å². The van der Waals surface area contributed by atoms with Crippen LogP contribution in [0.15, 0.2) is 18.5 Å². The number of pyridine rings is 1. The van der Waals surface area contributed by atoms with Crippen LogP contribution in [0.3, 0.4) is 0 Å². The van der Waals surface area contributed by atoms with E-state index in [-0.39, 0.29) is 5.54 Å². The van der Waals surface area contributed by atoms with Gasteiger partial charge in [0, 0.05) is 38.5 Å². The molecule has 1 aliphatic rings. The number of hydrogen-bond acceptors (Lipinski definition) is 4. The molecule has 20 heavy (non-hydrogen) atoms. The number of nitrogens with one attached hydrogen (secondary N) is 1. The SMILES string of the molecule is COC1CCN(c2cnccc2CNC(C)(C)C)CC1. The number of hydrogen-bond donors (Lipinski definition) is 1. The summed E-state index contributed by atoms with van der Waals surface area (Å²) in [6.07, 6.45) is 6.48. The van der Waals surface area contributed by atoms with E-state index in [1.54, 1.807) is 0 Å². The van der Waals surface area contributed by atoms with Gasteiger partial charge in [0.1, 0.15) is 0 Å². The topological polar surface area (TPSA) is 37.4 Å². The van der Waals surface area contributed by atoms with E-state index < -0.39 is 0 Å². The first-order valence-corrected chi connectivity index (χ1v) is 7.45. The molecule has 1 fully saturated rings. The van der Waals surface area contributed by atoms with Gasteiger partial charge in [-0.25, -0.2) is 0 Å². The van der Waals surface area contributed by atoms with Gasteiger partial charge < -0.3 is 15.0 Å². The second-order valence-corrected chi connectivity index (χ2v) is 6.53. The Morgan fingerprint density at radius 2 is 2.05 bits per heavy atom. The third kappa shape index (κ3) is 4.18. The molecule has 4 heteroatoms. The van der Waals surface area contributed by atoms with Crippen molar-refractivity contribution in [3.8, 4) is 0 Å². The molecular formula is C16H27N3O. The maximum Gasteiger partial charge on any atom is 0.0605 e. The van der Waals surface area contributed by atoms with Crippen molar-refractivity contribution in [2.75, 3.05) is 25.1 Å². The molecule has 1 saturated heterocycles. The zero-order chi connectivity index (χ0) is 14.6. The van der Waals surface area contributed by atoms with E-state index in [0.29, 0.717) is 6.10 Å². The zero-order valence-corrected chi connectivity index (χ0v) is 13.1. The lowest BCUT2D eigenvalue weighted by Crippen LogP contribution is -2.38. The van der Waals surface area contributed by atoms with E-state index in [9.17, 15) is 0 Å². The quantitative estimate of drug-likeness (QED) is 0.918. The summed E-state index contributed by atoms with van der Waals surface area (Å²) >= 11 is 0. The molecule has 0 aromatic carbocycles. The number of rotatable bonds is 4.